The van der Waals surface area contributed by atoms with Crippen molar-refractivity contribution < 1.29 is 0 Å². The van der Waals surface area contributed by atoms with Gasteiger partial charge in [0.05, 0.1) is 0 Å². The Morgan fingerprint density at radius 3 is 1.31 bits per heavy atom. The predicted molar refractivity (Wildman–Crippen MR) is 172 cm³/mol. The maximum absolute atomic E-state index is 2.41. The van der Waals surface area contributed by atoms with E-state index in [9.17, 15) is 0 Å². The first-order chi connectivity index (χ1) is 19.3. The summed E-state index contributed by atoms with van der Waals surface area (Å²) in [4.78, 5) is 0. The maximum atomic E-state index is 2.41. The van der Waals surface area contributed by atoms with E-state index in [0.29, 0.717) is 0 Å². The van der Waals surface area contributed by atoms with Gasteiger partial charge in [0, 0.05) is 20.2 Å². The van der Waals surface area contributed by atoms with Crippen LogP contribution in [-0.2, 0) is 0 Å². The molecule has 0 aliphatic rings. The Balaban J connectivity index is 1.43. The van der Waals surface area contributed by atoms with Crippen molar-refractivity contribution in [2.24, 2.45) is 0 Å². The molecule has 0 nitrogen and oxygen atoms in total. The summed E-state index contributed by atoms with van der Waals surface area (Å²) in [7, 11) is 0. The van der Waals surface area contributed by atoms with Crippen molar-refractivity contribution in [3.63, 3.8) is 0 Å². The molecule has 0 saturated carbocycles. The number of rotatable bonds is 1. The van der Waals surface area contributed by atoms with E-state index in [2.05, 4.69) is 133 Å². The van der Waals surface area contributed by atoms with Gasteiger partial charge in [-0.05, 0) is 89.3 Å². The summed E-state index contributed by atoms with van der Waals surface area (Å²) in [6.07, 6.45) is 0. The first-order valence-electron chi connectivity index (χ1n) is 13.4. The summed E-state index contributed by atoms with van der Waals surface area (Å²) < 4.78 is 2.69. The molecule has 8 aromatic carbocycles. The van der Waals surface area contributed by atoms with Crippen LogP contribution in [0.25, 0.3) is 85.2 Å². The molecular weight excluding hydrogens is 488 g/mol. The molecule has 9 aromatic rings. The molecule has 0 aliphatic carbocycles. The number of benzene rings is 8. The molecule has 1 heterocycles. The van der Waals surface area contributed by atoms with E-state index in [-0.39, 0.29) is 0 Å². The van der Waals surface area contributed by atoms with Crippen molar-refractivity contribution in [1.29, 1.82) is 0 Å². The molecule has 0 radical (unpaired) electrons. The maximum Gasteiger partial charge on any atom is 0.0355 e. The second-order valence-corrected chi connectivity index (χ2v) is 11.5. The molecule has 0 saturated heterocycles. The third kappa shape index (κ3) is 2.94. The van der Waals surface area contributed by atoms with Crippen LogP contribution in [0, 0.1) is 0 Å². The van der Waals surface area contributed by atoms with Crippen molar-refractivity contribution in [3.8, 4) is 11.1 Å². The summed E-state index contributed by atoms with van der Waals surface area (Å²) >= 11 is 1.87. The number of hydrogen-bond acceptors (Lipinski definition) is 1. The van der Waals surface area contributed by atoms with E-state index in [4.69, 9.17) is 0 Å². The van der Waals surface area contributed by atoms with Gasteiger partial charge in [-0.3, -0.25) is 0 Å². The average Bonchev–Trinajstić information content (AvgIpc) is 3.38. The van der Waals surface area contributed by atoms with Crippen LogP contribution in [0.3, 0.4) is 0 Å². The zero-order valence-corrected chi connectivity index (χ0v) is 21.9. The summed E-state index contributed by atoms with van der Waals surface area (Å²) in [5, 5.41) is 15.9. The van der Waals surface area contributed by atoms with Crippen molar-refractivity contribution in [1.82, 2.24) is 0 Å². The third-order valence-corrected chi connectivity index (χ3v) is 9.57. The van der Waals surface area contributed by atoms with Crippen molar-refractivity contribution in [2.45, 2.75) is 0 Å². The van der Waals surface area contributed by atoms with Gasteiger partial charge in [-0.15, -0.1) is 11.3 Å². The van der Waals surface area contributed by atoms with Crippen LogP contribution in [-0.4, -0.2) is 0 Å². The Morgan fingerprint density at radius 1 is 0.282 bits per heavy atom. The summed E-state index contributed by atoms with van der Waals surface area (Å²) in [5.41, 5.74) is 2.52. The van der Waals surface area contributed by atoms with Crippen molar-refractivity contribution >= 4 is 85.4 Å². The Hall–Kier alpha value is -4.72. The van der Waals surface area contributed by atoms with Crippen LogP contribution in [0.4, 0.5) is 0 Å². The van der Waals surface area contributed by atoms with Crippen LogP contribution < -0.4 is 0 Å². The second kappa shape index (κ2) is 7.89. The molecule has 0 unspecified atom stereocenters. The molecule has 0 bridgehead atoms. The monoisotopic (exact) mass is 510 g/mol. The van der Waals surface area contributed by atoms with E-state index in [1.165, 1.54) is 85.2 Å². The minimum Gasteiger partial charge on any atom is -0.135 e. The number of thiophene rings is 1. The Kier molecular flexibility index (Phi) is 4.30. The van der Waals surface area contributed by atoms with Crippen LogP contribution in [0.1, 0.15) is 0 Å². The SMILES string of the molecule is c1ccc2c(c1)sc1ccc(-c3ccc4c(c3)c3ccccc3c3c5ccccc5c5ccccc5c43)cc12. The Morgan fingerprint density at radius 2 is 0.692 bits per heavy atom. The van der Waals surface area contributed by atoms with Crippen LogP contribution in [0.2, 0.25) is 0 Å². The zero-order chi connectivity index (χ0) is 25.5. The van der Waals surface area contributed by atoms with Crippen LogP contribution >= 0.6 is 11.3 Å². The lowest BCUT2D eigenvalue weighted by atomic mass is 9.86. The lowest BCUT2D eigenvalue weighted by molar-refractivity contribution is 1.71. The van der Waals surface area contributed by atoms with Crippen LogP contribution in [0.15, 0.2) is 133 Å². The predicted octanol–water partition coefficient (Wildman–Crippen LogP) is 11.5. The normalized spacial score (nSPS) is 12.1. The molecular formula is C38H22S. The van der Waals surface area contributed by atoms with E-state index < -0.39 is 0 Å². The van der Waals surface area contributed by atoms with Crippen LogP contribution in [0.5, 0.6) is 0 Å². The Bertz CT molecular complexity index is 2440. The number of hydrogen-bond donors (Lipinski definition) is 0. The summed E-state index contributed by atoms with van der Waals surface area (Å²) in [5.74, 6) is 0. The molecule has 0 aliphatic heterocycles. The minimum absolute atomic E-state index is 1.26. The van der Waals surface area contributed by atoms with Gasteiger partial charge in [0.2, 0.25) is 0 Å². The first-order valence-corrected chi connectivity index (χ1v) is 14.3. The van der Waals surface area contributed by atoms with E-state index >= 15 is 0 Å². The molecule has 39 heavy (non-hydrogen) atoms. The van der Waals surface area contributed by atoms with Gasteiger partial charge < -0.3 is 0 Å². The van der Waals surface area contributed by atoms with E-state index in [0.717, 1.165) is 0 Å². The average molecular weight is 511 g/mol. The fourth-order valence-electron chi connectivity index (χ4n) is 6.71. The molecule has 1 aromatic heterocycles. The lowest BCUT2D eigenvalue weighted by Gasteiger charge is -2.17. The Labute approximate surface area is 229 Å². The standard InChI is InChI=1S/C38H22S/c1-4-13-29-25(9-1)26-10-2-5-14-30(26)38-32-19-17-23(21-33(32)27-11-3-6-15-31(27)37(29)38)24-18-20-36-34(22-24)28-12-7-8-16-35(28)39-36/h1-22H. The molecule has 0 atom stereocenters. The largest absolute Gasteiger partial charge is 0.135 e. The molecule has 180 valence electrons. The quantitative estimate of drug-likeness (QED) is 0.193. The van der Waals surface area contributed by atoms with Gasteiger partial charge >= 0.3 is 0 Å². The highest BCUT2D eigenvalue weighted by Gasteiger charge is 2.16. The topological polar surface area (TPSA) is 0 Å². The molecule has 1 heteroatoms. The fraction of sp³-hybridized carbons (Fsp3) is 0. The van der Waals surface area contributed by atoms with Gasteiger partial charge in [-0.1, -0.05) is 109 Å². The highest BCUT2D eigenvalue weighted by atomic mass is 32.1. The van der Waals surface area contributed by atoms with Gasteiger partial charge in [0.1, 0.15) is 0 Å². The highest BCUT2D eigenvalue weighted by Crippen LogP contribution is 2.45. The van der Waals surface area contributed by atoms with E-state index in [1.54, 1.807) is 0 Å². The van der Waals surface area contributed by atoms with E-state index in [1.807, 2.05) is 11.3 Å². The molecule has 0 N–H and O–H groups in total. The molecule has 0 fully saturated rings. The molecule has 0 amide bonds. The van der Waals surface area contributed by atoms with Gasteiger partial charge in [0.15, 0.2) is 0 Å². The molecule has 0 spiro atoms. The van der Waals surface area contributed by atoms with Gasteiger partial charge in [-0.25, -0.2) is 0 Å². The van der Waals surface area contributed by atoms with Gasteiger partial charge in [0.25, 0.3) is 0 Å². The number of fused-ring (bicyclic) bond motifs is 14. The molecule has 9 rings (SSSR count). The lowest BCUT2D eigenvalue weighted by Crippen LogP contribution is -1.89. The first kappa shape index (κ1) is 21.2. The zero-order valence-electron chi connectivity index (χ0n) is 21.1. The minimum atomic E-state index is 1.26. The smallest absolute Gasteiger partial charge is 0.0355 e. The highest BCUT2D eigenvalue weighted by molar-refractivity contribution is 7.25. The van der Waals surface area contributed by atoms with Crippen molar-refractivity contribution in [3.05, 3.63) is 133 Å². The summed E-state index contributed by atoms with van der Waals surface area (Å²) in [6, 6.07) is 49.5. The second-order valence-electron chi connectivity index (χ2n) is 10.5. The summed E-state index contributed by atoms with van der Waals surface area (Å²) in [6.45, 7) is 0. The fourth-order valence-corrected chi connectivity index (χ4v) is 7.79. The third-order valence-electron chi connectivity index (χ3n) is 8.42. The van der Waals surface area contributed by atoms with Gasteiger partial charge in [-0.2, -0.15) is 0 Å². The van der Waals surface area contributed by atoms with Crippen molar-refractivity contribution in [2.75, 3.05) is 0 Å².